The second-order valence-electron chi connectivity index (χ2n) is 6.07. The van der Waals surface area contributed by atoms with Gasteiger partial charge in [-0.15, -0.1) is 0 Å². The summed E-state index contributed by atoms with van der Waals surface area (Å²) in [6.07, 6.45) is 7.97. The molecule has 1 aliphatic heterocycles. The van der Waals surface area contributed by atoms with Crippen molar-refractivity contribution < 1.29 is 9.47 Å². The Morgan fingerprint density at radius 3 is 2.90 bits per heavy atom. The van der Waals surface area contributed by atoms with E-state index in [1.807, 2.05) is 6.07 Å². The molecule has 1 aliphatic carbocycles. The van der Waals surface area contributed by atoms with E-state index in [1.165, 1.54) is 37.7 Å². The quantitative estimate of drug-likeness (QED) is 0.915. The molecule has 1 aromatic carbocycles. The first kappa shape index (κ1) is 13.7. The fraction of sp³-hybridized carbons (Fsp3) is 0.647. The van der Waals surface area contributed by atoms with Crippen LogP contribution in [0.4, 0.5) is 0 Å². The number of ether oxygens (including phenoxy) is 2. The highest BCUT2D eigenvalue weighted by Crippen LogP contribution is 2.35. The van der Waals surface area contributed by atoms with Gasteiger partial charge in [0.2, 0.25) is 0 Å². The van der Waals surface area contributed by atoms with Crippen LogP contribution in [0.5, 0.6) is 11.5 Å². The Balaban J connectivity index is 1.55. The van der Waals surface area contributed by atoms with Crippen molar-refractivity contribution in [3.63, 3.8) is 0 Å². The molecule has 1 aromatic rings. The van der Waals surface area contributed by atoms with Crippen LogP contribution in [0, 0.1) is 5.92 Å². The second kappa shape index (κ2) is 6.49. The number of hydrogen-bond donors (Lipinski definition) is 1. The molecule has 1 N–H and O–H groups in total. The van der Waals surface area contributed by atoms with Crippen molar-refractivity contribution in [2.75, 3.05) is 20.3 Å². The number of methoxy groups -OCH3 is 1. The van der Waals surface area contributed by atoms with Gasteiger partial charge in [0.25, 0.3) is 0 Å². The second-order valence-corrected chi connectivity index (χ2v) is 6.07. The number of hydrogen-bond acceptors (Lipinski definition) is 3. The topological polar surface area (TPSA) is 30.5 Å². The van der Waals surface area contributed by atoms with Crippen LogP contribution in [-0.2, 0) is 6.42 Å². The van der Waals surface area contributed by atoms with E-state index in [-0.39, 0.29) is 0 Å². The van der Waals surface area contributed by atoms with Crippen LogP contribution < -0.4 is 14.8 Å². The molecule has 3 heteroatoms. The third-order valence-electron chi connectivity index (χ3n) is 4.55. The van der Waals surface area contributed by atoms with Crippen molar-refractivity contribution in [3.05, 3.63) is 23.8 Å². The van der Waals surface area contributed by atoms with Crippen LogP contribution in [0.15, 0.2) is 18.2 Å². The van der Waals surface area contributed by atoms with E-state index in [2.05, 4.69) is 17.4 Å². The average Bonchev–Trinajstić information content (AvgIpc) is 2.53. The molecule has 0 amide bonds. The molecule has 20 heavy (non-hydrogen) atoms. The van der Waals surface area contributed by atoms with Gasteiger partial charge in [0.05, 0.1) is 13.7 Å². The molecule has 3 nitrogen and oxygen atoms in total. The van der Waals surface area contributed by atoms with E-state index < -0.39 is 0 Å². The van der Waals surface area contributed by atoms with Gasteiger partial charge in [0.15, 0.2) is 11.5 Å². The summed E-state index contributed by atoms with van der Waals surface area (Å²) in [6, 6.07) is 6.91. The smallest absolute Gasteiger partial charge is 0.164 e. The van der Waals surface area contributed by atoms with Crippen LogP contribution in [0.1, 0.15) is 37.7 Å². The minimum absolute atomic E-state index is 0.580. The Hall–Kier alpha value is -1.22. The third kappa shape index (κ3) is 3.09. The van der Waals surface area contributed by atoms with E-state index in [1.54, 1.807) is 7.11 Å². The average molecular weight is 275 g/mol. The lowest BCUT2D eigenvalue weighted by molar-refractivity contribution is 0.201. The molecule has 1 atom stereocenters. The van der Waals surface area contributed by atoms with Gasteiger partial charge < -0.3 is 14.8 Å². The fourth-order valence-electron chi connectivity index (χ4n) is 3.39. The molecular formula is C17H25NO2. The van der Waals surface area contributed by atoms with Crippen LogP contribution in [0.2, 0.25) is 0 Å². The molecule has 3 rings (SSSR count). The minimum Gasteiger partial charge on any atom is -0.493 e. The molecule has 0 radical (unpaired) electrons. The number of benzene rings is 1. The summed E-state index contributed by atoms with van der Waals surface area (Å²) in [6.45, 7) is 1.87. The first-order valence-corrected chi connectivity index (χ1v) is 7.89. The normalized spacial score (nSPS) is 22.9. The first-order chi connectivity index (χ1) is 9.86. The minimum atomic E-state index is 0.580. The maximum Gasteiger partial charge on any atom is 0.164 e. The molecule has 1 unspecified atom stereocenters. The van der Waals surface area contributed by atoms with Gasteiger partial charge in [-0.2, -0.15) is 0 Å². The van der Waals surface area contributed by atoms with Crippen molar-refractivity contribution in [2.45, 2.75) is 44.6 Å². The summed E-state index contributed by atoms with van der Waals surface area (Å²) >= 11 is 0. The maximum absolute atomic E-state index is 5.93. The zero-order valence-electron chi connectivity index (χ0n) is 12.4. The van der Waals surface area contributed by atoms with E-state index in [0.717, 1.165) is 37.1 Å². The van der Waals surface area contributed by atoms with Crippen molar-refractivity contribution in [1.82, 2.24) is 5.32 Å². The van der Waals surface area contributed by atoms with E-state index in [9.17, 15) is 0 Å². The molecule has 0 saturated heterocycles. The summed E-state index contributed by atoms with van der Waals surface area (Å²) < 4.78 is 11.3. The molecule has 1 fully saturated rings. The monoisotopic (exact) mass is 275 g/mol. The number of nitrogens with one attached hydrogen (secondary N) is 1. The van der Waals surface area contributed by atoms with Crippen LogP contribution in [0.25, 0.3) is 0 Å². The van der Waals surface area contributed by atoms with Crippen LogP contribution in [0.3, 0.4) is 0 Å². The molecule has 2 aliphatic rings. The van der Waals surface area contributed by atoms with Gasteiger partial charge in [0, 0.05) is 18.5 Å². The fourth-order valence-corrected chi connectivity index (χ4v) is 3.39. The SMILES string of the molecule is COc1cccc2c1OCC(CNC1CCCCC1)C2. The molecule has 0 bridgehead atoms. The first-order valence-electron chi connectivity index (χ1n) is 7.89. The lowest BCUT2D eigenvalue weighted by atomic mass is 9.93. The summed E-state index contributed by atoms with van der Waals surface area (Å²) in [7, 11) is 1.70. The molecular weight excluding hydrogens is 250 g/mol. The molecule has 1 saturated carbocycles. The molecule has 0 aromatic heterocycles. The highest BCUT2D eigenvalue weighted by Gasteiger charge is 2.23. The van der Waals surface area contributed by atoms with Crippen molar-refractivity contribution in [3.8, 4) is 11.5 Å². The van der Waals surface area contributed by atoms with Crippen LogP contribution in [-0.4, -0.2) is 26.3 Å². The van der Waals surface area contributed by atoms with Crippen molar-refractivity contribution in [1.29, 1.82) is 0 Å². The van der Waals surface area contributed by atoms with E-state index >= 15 is 0 Å². The third-order valence-corrected chi connectivity index (χ3v) is 4.55. The zero-order valence-corrected chi connectivity index (χ0v) is 12.4. The predicted molar refractivity (Wildman–Crippen MR) is 80.6 cm³/mol. The van der Waals surface area contributed by atoms with Crippen LogP contribution >= 0.6 is 0 Å². The summed E-state index contributed by atoms with van der Waals surface area (Å²) in [5.74, 6) is 2.39. The maximum atomic E-state index is 5.93. The standard InChI is InChI=1S/C17H25NO2/c1-19-16-9-5-6-14-10-13(12-20-17(14)16)11-18-15-7-3-2-4-8-15/h5-6,9,13,15,18H,2-4,7-8,10-12H2,1H3. The van der Waals surface area contributed by atoms with E-state index in [0.29, 0.717) is 5.92 Å². The number of para-hydroxylation sites is 1. The highest BCUT2D eigenvalue weighted by molar-refractivity contribution is 5.47. The Morgan fingerprint density at radius 2 is 2.10 bits per heavy atom. The van der Waals surface area contributed by atoms with Gasteiger partial charge in [0.1, 0.15) is 0 Å². The summed E-state index contributed by atoms with van der Waals surface area (Å²) in [5.41, 5.74) is 1.28. The van der Waals surface area contributed by atoms with Crippen molar-refractivity contribution in [2.24, 2.45) is 5.92 Å². The lowest BCUT2D eigenvalue weighted by Gasteiger charge is -2.29. The molecule has 1 heterocycles. The molecule has 0 spiro atoms. The van der Waals surface area contributed by atoms with Gasteiger partial charge >= 0.3 is 0 Å². The largest absolute Gasteiger partial charge is 0.493 e. The Bertz CT molecular complexity index is 441. The Kier molecular flexibility index (Phi) is 4.46. The molecule has 110 valence electrons. The number of rotatable bonds is 4. The predicted octanol–water partition coefficient (Wildman–Crippen LogP) is 3.17. The Labute approximate surface area is 121 Å². The lowest BCUT2D eigenvalue weighted by Crippen LogP contribution is -2.38. The zero-order chi connectivity index (χ0) is 13.8. The van der Waals surface area contributed by atoms with Gasteiger partial charge in [-0.1, -0.05) is 31.4 Å². The van der Waals surface area contributed by atoms with Gasteiger partial charge in [-0.3, -0.25) is 0 Å². The van der Waals surface area contributed by atoms with Crippen molar-refractivity contribution >= 4 is 0 Å². The Morgan fingerprint density at radius 1 is 1.25 bits per heavy atom. The summed E-state index contributed by atoms with van der Waals surface area (Å²) in [5, 5.41) is 3.74. The van der Waals surface area contributed by atoms with Gasteiger partial charge in [-0.25, -0.2) is 0 Å². The van der Waals surface area contributed by atoms with E-state index in [4.69, 9.17) is 9.47 Å². The summed E-state index contributed by atoms with van der Waals surface area (Å²) in [4.78, 5) is 0. The van der Waals surface area contributed by atoms with Gasteiger partial charge in [-0.05, 0) is 30.9 Å². The highest BCUT2D eigenvalue weighted by atomic mass is 16.5. The number of fused-ring (bicyclic) bond motifs is 1.